The molecule has 14 heavy (non-hydrogen) atoms. The molecule has 0 unspecified atom stereocenters. The highest BCUT2D eigenvalue weighted by atomic mass is 32.1. The van der Waals surface area contributed by atoms with Crippen molar-refractivity contribution in [2.45, 2.75) is 0 Å². The lowest BCUT2D eigenvalue weighted by molar-refractivity contribution is 0.496. The Labute approximate surface area is 87.2 Å². The third-order valence-electron chi connectivity index (χ3n) is 1.79. The number of para-hydroxylation sites is 1. The van der Waals surface area contributed by atoms with E-state index in [1.807, 2.05) is 49.5 Å². The quantitative estimate of drug-likeness (QED) is 0.826. The molecule has 1 aromatic heterocycles. The van der Waals surface area contributed by atoms with Crippen LogP contribution in [-0.4, -0.2) is 7.05 Å². The fraction of sp³-hybridized carbons (Fsp3) is 0.0909. The second-order valence-corrected chi connectivity index (χ2v) is 3.83. The number of ether oxygens (including phenoxy) is 1. The largest absolute Gasteiger partial charge is 0.447 e. The van der Waals surface area contributed by atoms with Crippen molar-refractivity contribution in [3.8, 4) is 10.8 Å². The highest BCUT2D eigenvalue weighted by Crippen LogP contribution is 2.31. The first-order valence-electron chi connectivity index (χ1n) is 4.39. The molecule has 2 aromatic rings. The van der Waals surface area contributed by atoms with Crippen LogP contribution in [0.15, 0.2) is 42.5 Å². The minimum absolute atomic E-state index is 0.872. The zero-order chi connectivity index (χ0) is 9.80. The average molecular weight is 205 g/mol. The summed E-state index contributed by atoms with van der Waals surface area (Å²) in [5.41, 5.74) is 0. The van der Waals surface area contributed by atoms with Crippen molar-refractivity contribution in [1.29, 1.82) is 0 Å². The average Bonchev–Trinajstić information content (AvgIpc) is 2.67. The van der Waals surface area contributed by atoms with Gasteiger partial charge >= 0.3 is 0 Å². The molecule has 0 aliphatic carbocycles. The number of rotatable bonds is 3. The van der Waals surface area contributed by atoms with Gasteiger partial charge in [-0.3, -0.25) is 0 Å². The third kappa shape index (κ3) is 2.06. The van der Waals surface area contributed by atoms with Crippen LogP contribution in [-0.2, 0) is 0 Å². The molecule has 72 valence electrons. The molecule has 1 N–H and O–H groups in total. The summed E-state index contributed by atoms with van der Waals surface area (Å²) in [5.74, 6) is 0.872. The van der Waals surface area contributed by atoms with E-state index in [1.165, 1.54) is 0 Å². The Balaban J connectivity index is 2.11. The van der Waals surface area contributed by atoms with Crippen LogP contribution in [0.25, 0.3) is 0 Å². The molecule has 0 bridgehead atoms. The van der Waals surface area contributed by atoms with Crippen LogP contribution >= 0.6 is 11.3 Å². The van der Waals surface area contributed by atoms with Crippen LogP contribution in [0.5, 0.6) is 10.8 Å². The minimum atomic E-state index is 0.872. The number of thiophene rings is 1. The van der Waals surface area contributed by atoms with E-state index in [2.05, 4.69) is 5.32 Å². The van der Waals surface area contributed by atoms with Gasteiger partial charge < -0.3 is 10.1 Å². The number of anilines is 1. The molecule has 0 radical (unpaired) electrons. The van der Waals surface area contributed by atoms with Crippen molar-refractivity contribution < 1.29 is 4.74 Å². The van der Waals surface area contributed by atoms with Gasteiger partial charge in [-0.25, -0.2) is 0 Å². The molecular weight excluding hydrogens is 194 g/mol. The first kappa shape index (κ1) is 9.09. The van der Waals surface area contributed by atoms with Gasteiger partial charge in [-0.05, 0) is 24.3 Å². The van der Waals surface area contributed by atoms with E-state index in [9.17, 15) is 0 Å². The van der Waals surface area contributed by atoms with Gasteiger partial charge in [0.05, 0.1) is 5.00 Å². The van der Waals surface area contributed by atoms with E-state index in [0.717, 1.165) is 15.8 Å². The van der Waals surface area contributed by atoms with Crippen LogP contribution < -0.4 is 10.1 Å². The molecule has 1 aromatic carbocycles. The number of benzene rings is 1. The predicted octanol–water partition coefficient (Wildman–Crippen LogP) is 3.58. The van der Waals surface area contributed by atoms with E-state index in [4.69, 9.17) is 4.74 Å². The number of nitrogens with one attached hydrogen (secondary N) is 1. The maximum Gasteiger partial charge on any atom is 0.182 e. The molecule has 0 spiro atoms. The predicted molar refractivity (Wildman–Crippen MR) is 60.4 cm³/mol. The molecule has 0 aliphatic heterocycles. The maximum absolute atomic E-state index is 5.64. The summed E-state index contributed by atoms with van der Waals surface area (Å²) < 4.78 is 5.64. The van der Waals surface area contributed by atoms with Gasteiger partial charge in [0.25, 0.3) is 0 Å². The Morgan fingerprint density at radius 1 is 1.07 bits per heavy atom. The van der Waals surface area contributed by atoms with Gasteiger partial charge in [0.1, 0.15) is 5.75 Å². The fourth-order valence-corrected chi connectivity index (χ4v) is 1.84. The molecule has 0 saturated heterocycles. The zero-order valence-electron chi connectivity index (χ0n) is 7.86. The zero-order valence-corrected chi connectivity index (χ0v) is 8.67. The minimum Gasteiger partial charge on any atom is -0.447 e. The van der Waals surface area contributed by atoms with Gasteiger partial charge in [-0.2, -0.15) is 0 Å². The van der Waals surface area contributed by atoms with E-state index >= 15 is 0 Å². The Hall–Kier alpha value is -1.48. The standard InChI is InChI=1S/C11H11NOS/c1-12-10-7-8-11(14-10)13-9-5-3-2-4-6-9/h2-8,12H,1H3. The lowest BCUT2D eigenvalue weighted by Gasteiger charge is -2.00. The molecule has 2 nitrogen and oxygen atoms in total. The Kier molecular flexibility index (Phi) is 2.70. The Bertz CT molecular complexity index is 397. The van der Waals surface area contributed by atoms with Gasteiger partial charge in [0.2, 0.25) is 0 Å². The van der Waals surface area contributed by atoms with E-state index < -0.39 is 0 Å². The van der Waals surface area contributed by atoms with E-state index in [1.54, 1.807) is 11.3 Å². The van der Waals surface area contributed by atoms with Crippen molar-refractivity contribution >= 4 is 16.3 Å². The van der Waals surface area contributed by atoms with Crippen molar-refractivity contribution in [3.63, 3.8) is 0 Å². The molecule has 3 heteroatoms. The highest BCUT2D eigenvalue weighted by Gasteiger charge is 1.99. The van der Waals surface area contributed by atoms with E-state index in [-0.39, 0.29) is 0 Å². The van der Waals surface area contributed by atoms with Gasteiger partial charge in [0, 0.05) is 7.05 Å². The topological polar surface area (TPSA) is 21.3 Å². The normalized spacial score (nSPS) is 9.79. The maximum atomic E-state index is 5.64. The van der Waals surface area contributed by atoms with Crippen molar-refractivity contribution in [2.75, 3.05) is 12.4 Å². The summed E-state index contributed by atoms with van der Waals surface area (Å²) in [7, 11) is 1.90. The van der Waals surface area contributed by atoms with Gasteiger partial charge in [-0.1, -0.05) is 29.5 Å². The molecule has 0 amide bonds. The van der Waals surface area contributed by atoms with Crippen LogP contribution in [0.3, 0.4) is 0 Å². The number of hydrogen-bond acceptors (Lipinski definition) is 3. The van der Waals surface area contributed by atoms with Crippen molar-refractivity contribution in [2.24, 2.45) is 0 Å². The summed E-state index contributed by atoms with van der Waals surface area (Å²) in [6.07, 6.45) is 0. The number of hydrogen-bond donors (Lipinski definition) is 1. The Morgan fingerprint density at radius 2 is 1.86 bits per heavy atom. The van der Waals surface area contributed by atoms with Crippen molar-refractivity contribution in [1.82, 2.24) is 0 Å². The lowest BCUT2D eigenvalue weighted by Crippen LogP contribution is -1.80. The Morgan fingerprint density at radius 3 is 2.50 bits per heavy atom. The summed E-state index contributed by atoms with van der Waals surface area (Å²) in [5, 5.41) is 5.08. The summed E-state index contributed by atoms with van der Waals surface area (Å²) >= 11 is 1.59. The monoisotopic (exact) mass is 205 g/mol. The lowest BCUT2D eigenvalue weighted by atomic mass is 10.3. The van der Waals surface area contributed by atoms with Crippen LogP contribution in [0.1, 0.15) is 0 Å². The molecule has 2 rings (SSSR count). The third-order valence-corrected chi connectivity index (χ3v) is 2.77. The van der Waals surface area contributed by atoms with E-state index in [0.29, 0.717) is 0 Å². The fourth-order valence-electron chi connectivity index (χ4n) is 1.11. The summed E-state index contributed by atoms with van der Waals surface area (Å²) in [4.78, 5) is 0. The van der Waals surface area contributed by atoms with Crippen LogP contribution in [0, 0.1) is 0 Å². The summed E-state index contributed by atoms with van der Waals surface area (Å²) in [6, 6.07) is 13.7. The molecule has 1 heterocycles. The smallest absolute Gasteiger partial charge is 0.182 e. The second kappa shape index (κ2) is 4.15. The van der Waals surface area contributed by atoms with Crippen molar-refractivity contribution in [3.05, 3.63) is 42.5 Å². The molecule has 0 saturated carbocycles. The molecule has 0 atom stereocenters. The van der Waals surface area contributed by atoms with Crippen LogP contribution in [0.4, 0.5) is 5.00 Å². The van der Waals surface area contributed by atoms with Crippen LogP contribution in [0.2, 0.25) is 0 Å². The first-order chi connectivity index (χ1) is 6.88. The first-order valence-corrected chi connectivity index (χ1v) is 5.20. The highest BCUT2D eigenvalue weighted by molar-refractivity contribution is 7.17. The van der Waals surface area contributed by atoms with Gasteiger partial charge in [-0.15, -0.1) is 0 Å². The summed E-state index contributed by atoms with van der Waals surface area (Å²) in [6.45, 7) is 0. The second-order valence-electron chi connectivity index (χ2n) is 2.78. The molecular formula is C11H11NOS. The molecule has 0 fully saturated rings. The molecule has 0 aliphatic rings. The SMILES string of the molecule is CNc1ccc(Oc2ccccc2)s1. The van der Waals surface area contributed by atoms with Gasteiger partial charge in [0.15, 0.2) is 5.06 Å².